The molecule has 0 fully saturated rings. The fourth-order valence-electron chi connectivity index (χ4n) is 2.25. The van der Waals surface area contributed by atoms with Crippen molar-refractivity contribution in [3.8, 4) is 0 Å². The van der Waals surface area contributed by atoms with Gasteiger partial charge in [0.15, 0.2) is 0 Å². The minimum atomic E-state index is 0.584. The number of nitrogens with one attached hydrogen (secondary N) is 1. The number of rotatable bonds is 2. The average molecular weight is 209 g/mol. The highest BCUT2D eigenvalue weighted by Crippen LogP contribution is 2.21. The van der Waals surface area contributed by atoms with Crippen LogP contribution in [-0.4, -0.2) is 6.04 Å². The smallest absolute Gasteiger partial charge is 0.0348 e. The van der Waals surface area contributed by atoms with Crippen molar-refractivity contribution in [3.63, 3.8) is 0 Å². The Morgan fingerprint density at radius 2 is 1.62 bits per heavy atom. The van der Waals surface area contributed by atoms with Crippen LogP contribution in [0, 0.1) is 0 Å². The van der Waals surface area contributed by atoms with Crippen molar-refractivity contribution in [1.82, 2.24) is 0 Å². The second-order valence-corrected chi connectivity index (χ2v) is 4.35. The normalized spacial score (nSPS) is 15.8. The van der Waals surface area contributed by atoms with Gasteiger partial charge in [-0.25, -0.2) is 0 Å². The standard InChI is InChI=1S/C15H15N/c1-2-6-13-11-15(10-9-12(13)5-1)16-14-7-3-4-8-14/h1-6,9-11,14,16H,7-8H2. The Morgan fingerprint density at radius 3 is 2.44 bits per heavy atom. The Hall–Kier alpha value is -1.76. The summed E-state index contributed by atoms with van der Waals surface area (Å²) < 4.78 is 0. The second-order valence-electron chi connectivity index (χ2n) is 4.35. The van der Waals surface area contributed by atoms with E-state index >= 15 is 0 Å². The molecule has 0 bridgehead atoms. The van der Waals surface area contributed by atoms with Gasteiger partial charge >= 0.3 is 0 Å². The molecule has 0 heterocycles. The van der Waals surface area contributed by atoms with Crippen molar-refractivity contribution in [1.29, 1.82) is 0 Å². The average Bonchev–Trinajstić information content (AvgIpc) is 2.82. The topological polar surface area (TPSA) is 12.0 Å². The van der Waals surface area contributed by atoms with Gasteiger partial charge in [0.2, 0.25) is 0 Å². The summed E-state index contributed by atoms with van der Waals surface area (Å²) in [6.45, 7) is 0. The van der Waals surface area contributed by atoms with E-state index in [0.717, 1.165) is 12.8 Å². The second kappa shape index (κ2) is 4.01. The van der Waals surface area contributed by atoms with Gasteiger partial charge in [0.25, 0.3) is 0 Å². The number of fused-ring (bicyclic) bond motifs is 1. The first-order chi connectivity index (χ1) is 7.92. The molecule has 1 aliphatic carbocycles. The van der Waals surface area contributed by atoms with Gasteiger partial charge < -0.3 is 5.32 Å². The fourth-order valence-corrected chi connectivity index (χ4v) is 2.25. The van der Waals surface area contributed by atoms with Crippen LogP contribution in [0.1, 0.15) is 12.8 Å². The van der Waals surface area contributed by atoms with E-state index in [1.54, 1.807) is 0 Å². The molecular weight excluding hydrogens is 194 g/mol. The van der Waals surface area contributed by atoms with Crippen LogP contribution < -0.4 is 5.32 Å². The molecule has 0 amide bonds. The van der Waals surface area contributed by atoms with Crippen molar-refractivity contribution in [3.05, 3.63) is 54.6 Å². The van der Waals surface area contributed by atoms with E-state index in [9.17, 15) is 0 Å². The molecule has 2 aromatic rings. The molecule has 0 atom stereocenters. The SMILES string of the molecule is C1=CCC(Nc2ccc3ccccc3c2)C1. The highest BCUT2D eigenvalue weighted by atomic mass is 14.9. The maximum absolute atomic E-state index is 3.57. The van der Waals surface area contributed by atoms with E-state index < -0.39 is 0 Å². The van der Waals surface area contributed by atoms with Crippen LogP contribution >= 0.6 is 0 Å². The summed E-state index contributed by atoms with van der Waals surface area (Å²) in [5.41, 5.74) is 1.23. The monoisotopic (exact) mass is 209 g/mol. The van der Waals surface area contributed by atoms with Crippen LogP contribution in [0.15, 0.2) is 54.6 Å². The molecule has 1 aliphatic rings. The van der Waals surface area contributed by atoms with Crippen LogP contribution in [0.4, 0.5) is 5.69 Å². The van der Waals surface area contributed by atoms with Gasteiger partial charge in [-0.05, 0) is 35.7 Å². The Bertz CT molecular complexity index is 520. The van der Waals surface area contributed by atoms with E-state index in [-0.39, 0.29) is 0 Å². The number of benzene rings is 2. The van der Waals surface area contributed by atoms with Gasteiger partial charge in [0, 0.05) is 11.7 Å². The van der Waals surface area contributed by atoms with Crippen LogP contribution in [0.3, 0.4) is 0 Å². The molecule has 2 aromatic carbocycles. The Labute approximate surface area is 95.8 Å². The van der Waals surface area contributed by atoms with Crippen LogP contribution in [0.2, 0.25) is 0 Å². The summed E-state index contributed by atoms with van der Waals surface area (Å²) in [5, 5.41) is 6.18. The summed E-state index contributed by atoms with van der Waals surface area (Å²) in [7, 11) is 0. The summed E-state index contributed by atoms with van der Waals surface area (Å²) in [6, 6.07) is 15.6. The third-order valence-electron chi connectivity index (χ3n) is 3.13. The molecule has 3 rings (SSSR count). The lowest BCUT2D eigenvalue weighted by Crippen LogP contribution is -2.14. The summed E-state index contributed by atoms with van der Waals surface area (Å²) in [5.74, 6) is 0. The van der Waals surface area contributed by atoms with E-state index in [2.05, 4.69) is 59.9 Å². The third kappa shape index (κ3) is 1.81. The summed E-state index contributed by atoms with van der Waals surface area (Å²) in [6.07, 6.45) is 6.79. The van der Waals surface area contributed by atoms with Gasteiger partial charge in [-0.2, -0.15) is 0 Å². The summed E-state index contributed by atoms with van der Waals surface area (Å²) >= 11 is 0. The Balaban J connectivity index is 1.87. The van der Waals surface area contributed by atoms with Crippen LogP contribution in [0.5, 0.6) is 0 Å². The maximum Gasteiger partial charge on any atom is 0.0348 e. The lowest BCUT2D eigenvalue weighted by Gasteiger charge is -2.14. The van der Waals surface area contributed by atoms with Crippen molar-refractivity contribution >= 4 is 16.5 Å². The lowest BCUT2D eigenvalue weighted by atomic mass is 10.1. The molecule has 0 spiro atoms. The molecular formula is C15H15N. The molecule has 1 nitrogen and oxygen atoms in total. The largest absolute Gasteiger partial charge is 0.382 e. The van der Waals surface area contributed by atoms with E-state index in [1.807, 2.05) is 0 Å². The number of anilines is 1. The first-order valence-corrected chi connectivity index (χ1v) is 5.82. The first kappa shape index (κ1) is 9.46. The minimum absolute atomic E-state index is 0.584. The zero-order chi connectivity index (χ0) is 10.8. The summed E-state index contributed by atoms with van der Waals surface area (Å²) in [4.78, 5) is 0. The van der Waals surface area contributed by atoms with Crippen molar-refractivity contribution in [2.24, 2.45) is 0 Å². The van der Waals surface area contributed by atoms with Gasteiger partial charge in [-0.1, -0.05) is 42.5 Å². The molecule has 1 heteroatoms. The zero-order valence-electron chi connectivity index (χ0n) is 9.19. The zero-order valence-corrected chi connectivity index (χ0v) is 9.19. The molecule has 1 N–H and O–H groups in total. The Kier molecular flexibility index (Phi) is 2.37. The van der Waals surface area contributed by atoms with Crippen molar-refractivity contribution in [2.45, 2.75) is 18.9 Å². The lowest BCUT2D eigenvalue weighted by molar-refractivity contribution is 0.787. The van der Waals surface area contributed by atoms with Crippen molar-refractivity contribution < 1.29 is 0 Å². The van der Waals surface area contributed by atoms with Gasteiger partial charge in [-0.15, -0.1) is 0 Å². The molecule has 0 unspecified atom stereocenters. The predicted octanol–water partition coefficient (Wildman–Crippen LogP) is 3.97. The van der Waals surface area contributed by atoms with Gasteiger partial charge in [0.1, 0.15) is 0 Å². The highest BCUT2D eigenvalue weighted by molar-refractivity contribution is 5.85. The fraction of sp³-hybridized carbons (Fsp3) is 0.200. The molecule has 0 saturated heterocycles. The van der Waals surface area contributed by atoms with Crippen molar-refractivity contribution in [2.75, 3.05) is 5.32 Å². The predicted molar refractivity (Wildman–Crippen MR) is 69.7 cm³/mol. The van der Waals surface area contributed by atoms with Crippen LogP contribution in [0.25, 0.3) is 10.8 Å². The molecule has 80 valence electrons. The molecule has 0 aliphatic heterocycles. The maximum atomic E-state index is 3.57. The van der Waals surface area contributed by atoms with Gasteiger partial charge in [0.05, 0.1) is 0 Å². The van der Waals surface area contributed by atoms with E-state index in [1.165, 1.54) is 16.5 Å². The molecule has 0 radical (unpaired) electrons. The van der Waals surface area contributed by atoms with E-state index in [4.69, 9.17) is 0 Å². The molecule has 0 aromatic heterocycles. The third-order valence-corrected chi connectivity index (χ3v) is 3.13. The van der Waals surface area contributed by atoms with Crippen LogP contribution in [-0.2, 0) is 0 Å². The first-order valence-electron chi connectivity index (χ1n) is 5.82. The molecule has 0 saturated carbocycles. The van der Waals surface area contributed by atoms with E-state index in [0.29, 0.717) is 6.04 Å². The minimum Gasteiger partial charge on any atom is -0.382 e. The Morgan fingerprint density at radius 1 is 0.875 bits per heavy atom. The quantitative estimate of drug-likeness (QED) is 0.738. The highest BCUT2D eigenvalue weighted by Gasteiger charge is 2.09. The molecule has 16 heavy (non-hydrogen) atoms. The van der Waals surface area contributed by atoms with Gasteiger partial charge in [-0.3, -0.25) is 0 Å². The number of hydrogen-bond donors (Lipinski definition) is 1. The number of hydrogen-bond acceptors (Lipinski definition) is 1.